The normalized spacial score (nSPS) is 11.3. The third kappa shape index (κ3) is 3.33. The van der Waals surface area contributed by atoms with Crippen molar-refractivity contribution in [3.05, 3.63) is 65.2 Å². The number of ketones is 1. The molecule has 104 valence electrons. The lowest BCUT2D eigenvalue weighted by Crippen LogP contribution is -2.16. The van der Waals surface area contributed by atoms with Crippen LogP contribution in [0.25, 0.3) is 0 Å². The van der Waals surface area contributed by atoms with Crippen molar-refractivity contribution in [2.45, 2.75) is 18.7 Å². The average molecular weight is 288 g/mol. The summed E-state index contributed by atoms with van der Waals surface area (Å²) >= 11 is 0. The van der Waals surface area contributed by atoms with Crippen LogP contribution in [0.5, 0.6) is 0 Å². The number of carbonyl (C=O) groups excluding carboxylic acids is 1. The van der Waals surface area contributed by atoms with Gasteiger partial charge in [-0.05, 0) is 26.0 Å². The highest BCUT2D eigenvalue weighted by Gasteiger charge is 2.20. The molecular weight excluding hydrogens is 272 g/mol. The summed E-state index contributed by atoms with van der Waals surface area (Å²) in [4.78, 5) is 12.2. The summed E-state index contributed by atoms with van der Waals surface area (Å²) in [5, 5.41) is 0. The summed E-state index contributed by atoms with van der Waals surface area (Å²) in [7, 11) is -3.58. The number of sulfone groups is 1. The van der Waals surface area contributed by atoms with Crippen molar-refractivity contribution in [2.24, 2.45) is 0 Å². The van der Waals surface area contributed by atoms with Gasteiger partial charge in [0.25, 0.3) is 0 Å². The molecule has 0 atom stereocenters. The molecule has 4 heteroatoms. The molecule has 0 aliphatic heterocycles. The number of Topliss-reactive ketones (excluding diaryl/α,β-unsaturated/α-hetero) is 1. The van der Waals surface area contributed by atoms with Crippen LogP contribution in [0.15, 0.2) is 53.4 Å². The van der Waals surface area contributed by atoms with Crippen molar-refractivity contribution in [1.29, 1.82) is 0 Å². The molecule has 0 aromatic heterocycles. The summed E-state index contributed by atoms with van der Waals surface area (Å²) < 4.78 is 24.3. The van der Waals surface area contributed by atoms with E-state index in [1.165, 1.54) is 12.1 Å². The molecule has 0 fully saturated rings. The molecule has 0 N–H and O–H groups in total. The predicted octanol–water partition coefficient (Wildman–Crippen LogP) is 2.96. The van der Waals surface area contributed by atoms with Gasteiger partial charge >= 0.3 is 0 Å². The van der Waals surface area contributed by atoms with Gasteiger partial charge in [-0.15, -0.1) is 0 Å². The van der Waals surface area contributed by atoms with Gasteiger partial charge in [-0.2, -0.15) is 0 Å². The summed E-state index contributed by atoms with van der Waals surface area (Å²) in [5.74, 6) is -0.885. The molecule has 0 radical (unpaired) electrons. The van der Waals surface area contributed by atoms with Crippen LogP contribution in [0.1, 0.15) is 21.5 Å². The highest BCUT2D eigenvalue weighted by molar-refractivity contribution is 7.92. The molecule has 3 nitrogen and oxygen atoms in total. The lowest BCUT2D eigenvalue weighted by Gasteiger charge is -2.05. The molecule has 2 aromatic carbocycles. The minimum absolute atomic E-state index is 0.184. The van der Waals surface area contributed by atoms with Crippen molar-refractivity contribution in [3.63, 3.8) is 0 Å². The molecule has 0 aliphatic rings. The number of aryl methyl sites for hydroxylation is 2. The van der Waals surface area contributed by atoms with Gasteiger partial charge in [-0.25, -0.2) is 8.42 Å². The van der Waals surface area contributed by atoms with Crippen LogP contribution in [0, 0.1) is 13.8 Å². The molecule has 0 spiro atoms. The molecule has 20 heavy (non-hydrogen) atoms. The second-order valence-electron chi connectivity index (χ2n) is 4.86. The summed E-state index contributed by atoms with van der Waals surface area (Å²) in [6, 6.07) is 13.4. The van der Waals surface area contributed by atoms with Gasteiger partial charge in [0.2, 0.25) is 0 Å². The van der Waals surface area contributed by atoms with Gasteiger partial charge in [0, 0.05) is 5.56 Å². The van der Waals surface area contributed by atoms with Crippen molar-refractivity contribution in [3.8, 4) is 0 Å². The summed E-state index contributed by atoms with van der Waals surface area (Å²) in [6.45, 7) is 3.80. The monoisotopic (exact) mass is 288 g/mol. The van der Waals surface area contributed by atoms with Crippen LogP contribution in [0.3, 0.4) is 0 Å². The maximum Gasteiger partial charge on any atom is 0.185 e. The number of benzene rings is 2. The van der Waals surface area contributed by atoms with Gasteiger partial charge in [-0.1, -0.05) is 47.5 Å². The van der Waals surface area contributed by atoms with Gasteiger partial charge in [0.1, 0.15) is 5.75 Å². The van der Waals surface area contributed by atoms with Crippen LogP contribution in [-0.2, 0) is 9.84 Å². The van der Waals surface area contributed by atoms with E-state index in [1.54, 1.807) is 36.4 Å². The van der Waals surface area contributed by atoms with Crippen LogP contribution in [-0.4, -0.2) is 20.0 Å². The van der Waals surface area contributed by atoms with E-state index in [-0.39, 0.29) is 10.7 Å². The highest BCUT2D eigenvalue weighted by atomic mass is 32.2. The first-order valence-corrected chi connectivity index (χ1v) is 7.93. The third-order valence-electron chi connectivity index (χ3n) is 3.07. The molecule has 0 unspecified atom stereocenters. The Kier molecular flexibility index (Phi) is 4.04. The summed E-state index contributed by atoms with van der Waals surface area (Å²) in [6.07, 6.45) is 0. The fourth-order valence-electron chi connectivity index (χ4n) is 1.82. The van der Waals surface area contributed by atoms with Crippen LogP contribution in [0.4, 0.5) is 0 Å². The fourth-order valence-corrected chi connectivity index (χ4v) is 3.05. The van der Waals surface area contributed by atoms with Crippen molar-refractivity contribution < 1.29 is 13.2 Å². The molecular formula is C16H16O3S. The zero-order chi connectivity index (χ0) is 14.8. The van der Waals surface area contributed by atoms with E-state index in [1.807, 2.05) is 13.8 Å². The molecule has 0 aliphatic carbocycles. The predicted molar refractivity (Wildman–Crippen MR) is 78.7 cm³/mol. The Morgan fingerprint density at radius 1 is 0.850 bits per heavy atom. The minimum Gasteiger partial charge on any atom is -0.293 e. The molecule has 2 aromatic rings. The lowest BCUT2D eigenvalue weighted by atomic mass is 10.1. The second-order valence-corrected chi connectivity index (χ2v) is 6.85. The number of carbonyl (C=O) groups is 1. The molecule has 0 heterocycles. The van der Waals surface area contributed by atoms with Crippen molar-refractivity contribution in [1.82, 2.24) is 0 Å². The Hall–Kier alpha value is -1.94. The largest absolute Gasteiger partial charge is 0.293 e. The zero-order valence-electron chi connectivity index (χ0n) is 11.5. The topological polar surface area (TPSA) is 51.2 Å². The van der Waals surface area contributed by atoms with E-state index in [9.17, 15) is 13.2 Å². The average Bonchev–Trinajstić information content (AvgIpc) is 2.39. The van der Waals surface area contributed by atoms with E-state index in [4.69, 9.17) is 0 Å². The van der Waals surface area contributed by atoms with E-state index in [0.29, 0.717) is 5.56 Å². The first-order valence-electron chi connectivity index (χ1n) is 6.28. The van der Waals surface area contributed by atoms with Crippen molar-refractivity contribution >= 4 is 15.6 Å². The first kappa shape index (κ1) is 14.5. The minimum atomic E-state index is -3.58. The number of rotatable bonds is 4. The maximum atomic E-state index is 12.2. The quantitative estimate of drug-likeness (QED) is 0.813. The number of hydrogen-bond acceptors (Lipinski definition) is 3. The van der Waals surface area contributed by atoms with Gasteiger partial charge in [-0.3, -0.25) is 4.79 Å². The second kappa shape index (κ2) is 5.59. The Bertz CT molecular complexity index is 711. The zero-order valence-corrected chi connectivity index (χ0v) is 12.3. The third-order valence-corrected chi connectivity index (χ3v) is 4.71. The maximum absolute atomic E-state index is 12.2. The number of hydrogen-bond donors (Lipinski definition) is 0. The standard InChI is InChI=1S/C16H16O3S/c1-12-3-7-14(8-4-12)16(17)11-20(18,19)15-9-5-13(2)6-10-15/h3-10H,11H2,1-2H3. The van der Waals surface area contributed by atoms with Crippen LogP contribution in [0.2, 0.25) is 0 Å². The van der Waals surface area contributed by atoms with Gasteiger partial charge in [0.05, 0.1) is 4.90 Å². The fraction of sp³-hybridized carbons (Fsp3) is 0.188. The lowest BCUT2D eigenvalue weighted by molar-refractivity contribution is 0.102. The summed E-state index contributed by atoms with van der Waals surface area (Å²) in [5.41, 5.74) is 2.43. The first-order chi connectivity index (χ1) is 9.38. The van der Waals surface area contributed by atoms with Crippen LogP contribution >= 0.6 is 0 Å². The van der Waals surface area contributed by atoms with Crippen molar-refractivity contribution in [2.75, 3.05) is 5.75 Å². The Labute approximate surface area is 119 Å². The van der Waals surface area contributed by atoms with E-state index in [0.717, 1.165) is 11.1 Å². The molecule has 2 rings (SSSR count). The SMILES string of the molecule is Cc1ccc(C(=O)CS(=O)(=O)c2ccc(C)cc2)cc1. The highest BCUT2D eigenvalue weighted by Crippen LogP contribution is 2.14. The van der Waals surface area contributed by atoms with Gasteiger partial charge < -0.3 is 0 Å². The van der Waals surface area contributed by atoms with Gasteiger partial charge in [0.15, 0.2) is 15.6 Å². The molecule has 0 amide bonds. The Morgan fingerprint density at radius 3 is 1.80 bits per heavy atom. The molecule has 0 saturated carbocycles. The van der Waals surface area contributed by atoms with Crippen LogP contribution < -0.4 is 0 Å². The van der Waals surface area contributed by atoms with E-state index >= 15 is 0 Å². The molecule has 0 saturated heterocycles. The van der Waals surface area contributed by atoms with E-state index in [2.05, 4.69) is 0 Å². The smallest absolute Gasteiger partial charge is 0.185 e. The molecule has 0 bridgehead atoms. The Morgan fingerprint density at radius 2 is 1.30 bits per heavy atom. The van der Waals surface area contributed by atoms with E-state index < -0.39 is 15.6 Å². The Balaban J connectivity index is 2.22.